The van der Waals surface area contributed by atoms with E-state index in [0.717, 1.165) is 55.2 Å². The van der Waals surface area contributed by atoms with E-state index >= 15 is 0 Å². The van der Waals surface area contributed by atoms with Crippen molar-refractivity contribution >= 4 is 43.7 Å². The van der Waals surface area contributed by atoms with E-state index in [1.54, 1.807) is 0 Å². The molecule has 0 saturated carbocycles. The number of nitrogens with zero attached hydrogens (tertiary/aromatic N) is 4. The molecule has 3 aromatic carbocycles. The molecule has 0 spiro atoms. The molecule has 0 N–H and O–H groups in total. The van der Waals surface area contributed by atoms with Crippen LogP contribution in [0.3, 0.4) is 0 Å². The summed E-state index contributed by atoms with van der Waals surface area (Å²) in [6.45, 7) is 0. The number of aromatic nitrogens is 4. The van der Waals surface area contributed by atoms with Crippen LogP contribution in [-0.4, -0.2) is 19.5 Å². The molecule has 154 valence electrons. The first kappa shape index (κ1) is 18.0. The van der Waals surface area contributed by atoms with Crippen LogP contribution < -0.4 is 0 Å². The van der Waals surface area contributed by atoms with Crippen LogP contribution in [-0.2, 0) is 0 Å². The zero-order valence-electron chi connectivity index (χ0n) is 17.7. The van der Waals surface area contributed by atoms with Crippen molar-refractivity contribution in [2.24, 2.45) is 0 Å². The highest BCUT2D eigenvalue weighted by molar-refractivity contribution is 6.09. The average molecular weight is 422 g/mol. The second-order valence-corrected chi connectivity index (χ2v) is 8.21. The molecule has 0 aliphatic carbocycles. The highest BCUT2D eigenvalue weighted by atomic mass is 15.0. The van der Waals surface area contributed by atoms with Gasteiger partial charge < -0.3 is 0 Å². The van der Waals surface area contributed by atoms with Gasteiger partial charge in [0.25, 0.3) is 0 Å². The third-order valence-corrected chi connectivity index (χ3v) is 6.30. The quantitative estimate of drug-likeness (QED) is 0.283. The van der Waals surface area contributed by atoms with E-state index < -0.39 is 0 Å². The summed E-state index contributed by atoms with van der Waals surface area (Å²) in [4.78, 5) is 14.1. The van der Waals surface area contributed by atoms with Crippen LogP contribution in [0.15, 0.2) is 110 Å². The molecule has 0 aliphatic heterocycles. The van der Waals surface area contributed by atoms with Gasteiger partial charge in [0.15, 0.2) is 0 Å². The Hall–Kier alpha value is -4.57. The van der Waals surface area contributed by atoms with Crippen LogP contribution in [0.2, 0.25) is 0 Å². The van der Waals surface area contributed by atoms with E-state index in [1.807, 2.05) is 36.8 Å². The molecule has 0 fully saturated rings. The van der Waals surface area contributed by atoms with E-state index in [2.05, 4.69) is 82.3 Å². The van der Waals surface area contributed by atoms with Crippen LogP contribution in [0.5, 0.6) is 0 Å². The van der Waals surface area contributed by atoms with Crippen molar-refractivity contribution in [2.45, 2.75) is 0 Å². The number of hydrogen-bond donors (Lipinski definition) is 0. The van der Waals surface area contributed by atoms with Gasteiger partial charge in [-0.1, -0.05) is 42.5 Å². The van der Waals surface area contributed by atoms with Crippen LogP contribution >= 0.6 is 0 Å². The number of benzene rings is 3. The Balaban J connectivity index is 1.46. The molecule has 0 saturated heterocycles. The summed E-state index contributed by atoms with van der Waals surface area (Å²) >= 11 is 0. The lowest BCUT2D eigenvalue weighted by atomic mass is 10.0. The molecule has 33 heavy (non-hydrogen) atoms. The van der Waals surface area contributed by atoms with E-state index in [1.165, 1.54) is 5.39 Å². The summed E-state index contributed by atoms with van der Waals surface area (Å²) in [5.41, 5.74) is 7.30. The van der Waals surface area contributed by atoms with Gasteiger partial charge in [0.05, 0.1) is 16.6 Å². The summed E-state index contributed by atoms with van der Waals surface area (Å²) in [5, 5.41) is 4.52. The summed E-state index contributed by atoms with van der Waals surface area (Å²) < 4.78 is 2.23. The Labute approximate surface area is 189 Å². The Bertz CT molecular complexity index is 1820. The Morgan fingerprint density at radius 2 is 1.36 bits per heavy atom. The molecule has 0 radical (unpaired) electrons. The third kappa shape index (κ3) is 2.74. The van der Waals surface area contributed by atoms with Crippen LogP contribution in [0, 0.1) is 0 Å². The molecular weight excluding hydrogens is 404 g/mol. The van der Waals surface area contributed by atoms with E-state index in [0.29, 0.717) is 0 Å². The second kappa shape index (κ2) is 6.97. The molecule has 0 atom stereocenters. The highest BCUT2D eigenvalue weighted by Gasteiger charge is 2.14. The summed E-state index contributed by atoms with van der Waals surface area (Å²) in [7, 11) is 0. The molecule has 4 heteroatoms. The zero-order valence-corrected chi connectivity index (χ0v) is 17.7. The van der Waals surface area contributed by atoms with E-state index in [-0.39, 0.29) is 0 Å². The summed E-state index contributed by atoms with van der Waals surface area (Å²) in [6.07, 6.45) is 5.63. The van der Waals surface area contributed by atoms with Crippen molar-refractivity contribution in [1.29, 1.82) is 0 Å². The maximum atomic E-state index is 4.80. The standard InChI is InChI=1S/C29H18N4/c1-2-7-23(8-3-1)33-26-13-12-20(17-25(26)24-9-5-15-31-29(24)33)22-16-21-11-10-19-6-4-14-30-27(19)28(21)32-18-22/h1-18H. The number of hydrogen-bond acceptors (Lipinski definition) is 3. The minimum absolute atomic E-state index is 0.933. The topological polar surface area (TPSA) is 43.6 Å². The van der Waals surface area contributed by atoms with E-state index in [9.17, 15) is 0 Å². The Morgan fingerprint density at radius 1 is 0.545 bits per heavy atom. The van der Waals surface area contributed by atoms with Crippen molar-refractivity contribution in [1.82, 2.24) is 19.5 Å². The fourth-order valence-electron chi connectivity index (χ4n) is 4.76. The van der Waals surface area contributed by atoms with Gasteiger partial charge in [-0.2, -0.15) is 0 Å². The van der Waals surface area contributed by atoms with Crippen LogP contribution in [0.1, 0.15) is 0 Å². The minimum Gasteiger partial charge on any atom is -0.294 e. The normalized spacial score (nSPS) is 11.6. The maximum absolute atomic E-state index is 4.80. The van der Waals surface area contributed by atoms with Gasteiger partial charge in [0.2, 0.25) is 0 Å². The van der Waals surface area contributed by atoms with Gasteiger partial charge in [-0.05, 0) is 54.1 Å². The SMILES string of the molecule is c1ccc(-n2c3ccc(-c4cnc5c(ccc6cccnc65)c4)cc3c3cccnc32)cc1. The van der Waals surface area contributed by atoms with E-state index in [4.69, 9.17) is 9.97 Å². The molecular formula is C29H18N4. The van der Waals surface area contributed by atoms with Crippen molar-refractivity contribution in [3.05, 3.63) is 110 Å². The predicted molar refractivity (Wildman–Crippen MR) is 135 cm³/mol. The molecule has 0 amide bonds. The molecule has 0 aliphatic rings. The Kier molecular flexibility index (Phi) is 3.81. The smallest absolute Gasteiger partial charge is 0.145 e. The van der Waals surface area contributed by atoms with Crippen LogP contribution in [0.4, 0.5) is 0 Å². The monoisotopic (exact) mass is 422 g/mol. The first-order valence-corrected chi connectivity index (χ1v) is 11.0. The lowest BCUT2D eigenvalue weighted by molar-refractivity contribution is 1.14. The lowest BCUT2D eigenvalue weighted by Gasteiger charge is -2.08. The minimum atomic E-state index is 0.933. The maximum Gasteiger partial charge on any atom is 0.145 e. The number of rotatable bonds is 2. The molecule has 4 nitrogen and oxygen atoms in total. The largest absolute Gasteiger partial charge is 0.294 e. The van der Waals surface area contributed by atoms with Gasteiger partial charge in [0.1, 0.15) is 5.65 Å². The number of fused-ring (bicyclic) bond motifs is 6. The summed E-state index contributed by atoms with van der Waals surface area (Å²) in [5.74, 6) is 0. The predicted octanol–water partition coefficient (Wildman–Crippen LogP) is 6.94. The average Bonchev–Trinajstić information content (AvgIpc) is 3.22. The fraction of sp³-hybridized carbons (Fsp3) is 0. The van der Waals surface area contributed by atoms with Crippen molar-refractivity contribution in [2.75, 3.05) is 0 Å². The number of pyridine rings is 3. The molecule has 7 rings (SSSR count). The first-order chi connectivity index (χ1) is 16.4. The highest BCUT2D eigenvalue weighted by Crippen LogP contribution is 2.34. The van der Waals surface area contributed by atoms with Gasteiger partial charge in [-0.3, -0.25) is 14.5 Å². The Morgan fingerprint density at radius 3 is 2.30 bits per heavy atom. The molecule has 0 bridgehead atoms. The summed E-state index contributed by atoms with van der Waals surface area (Å²) in [6, 6.07) is 31.6. The first-order valence-electron chi connectivity index (χ1n) is 11.0. The van der Waals surface area contributed by atoms with Crippen LogP contribution in [0.25, 0.3) is 60.6 Å². The second-order valence-electron chi connectivity index (χ2n) is 8.21. The molecule has 4 aromatic heterocycles. The third-order valence-electron chi connectivity index (χ3n) is 6.30. The van der Waals surface area contributed by atoms with Crippen molar-refractivity contribution in [3.8, 4) is 16.8 Å². The van der Waals surface area contributed by atoms with Crippen molar-refractivity contribution in [3.63, 3.8) is 0 Å². The molecule has 7 aromatic rings. The number of para-hydroxylation sites is 1. The fourth-order valence-corrected chi connectivity index (χ4v) is 4.76. The lowest BCUT2D eigenvalue weighted by Crippen LogP contribution is -1.94. The van der Waals surface area contributed by atoms with Crippen molar-refractivity contribution < 1.29 is 0 Å². The van der Waals surface area contributed by atoms with Gasteiger partial charge in [-0.15, -0.1) is 0 Å². The molecule has 0 unspecified atom stereocenters. The van der Waals surface area contributed by atoms with Gasteiger partial charge >= 0.3 is 0 Å². The van der Waals surface area contributed by atoms with Gasteiger partial charge in [-0.25, -0.2) is 4.98 Å². The van der Waals surface area contributed by atoms with Gasteiger partial charge in [0, 0.05) is 51.4 Å². The molecule has 4 heterocycles. The zero-order chi connectivity index (χ0) is 21.8.